The molecule has 15 heavy (non-hydrogen) atoms. The van der Waals surface area contributed by atoms with Gasteiger partial charge in [-0.2, -0.15) is 5.10 Å². The Morgan fingerprint density at radius 3 is 2.80 bits per heavy atom. The van der Waals surface area contributed by atoms with Crippen LogP contribution in [0.2, 0.25) is 0 Å². The number of aromatic nitrogens is 2. The first-order valence-corrected chi connectivity index (χ1v) is 5.58. The zero-order valence-electron chi connectivity index (χ0n) is 9.82. The molecule has 0 aliphatic carbocycles. The van der Waals surface area contributed by atoms with E-state index in [2.05, 4.69) is 30.3 Å². The van der Waals surface area contributed by atoms with E-state index < -0.39 is 0 Å². The van der Waals surface area contributed by atoms with Crippen LogP contribution in [-0.2, 0) is 13.1 Å². The standard InChI is InChI=1S/C11H21N3O/c1-4-10(8-15)12-7-11-6-9(3)13-14(11)5-2/h6,10,12,15H,4-5,7-8H2,1-3H3. The highest BCUT2D eigenvalue weighted by Gasteiger charge is 2.07. The summed E-state index contributed by atoms with van der Waals surface area (Å²) in [6, 6.07) is 2.27. The first-order valence-electron chi connectivity index (χ1n) is 5.58. The number of hydrogen-bond acceptors (Lipinski definition) is 3. The van der Waals surface area contributed by atoms with Crippen LogP contribution in [0.15, 0.2) is 6.07 Å². The predicted molar refractivity (Wildman–Crippen MR) is 60.6 cm³/mol. The molecule has 1 heterocycles. The molecule has 86 valence electrons. The third-order valence-electron chi connectivity index (χ3n) is 2.57. The van der Waals surface area contributed by atoms with E-state index >= 15 is 0 Å². The largest absolute Gasteiger partial charge is 0.395 e. The second-order valence-corrected chi connectivity index (χ2v) is 3.76. The predicted octanol–water partition coefficient (Wildman–Crippen LogP) is 1.07. The van der Waals surface area contributed by atoms with Crippen molar-refractivity contribution in [1.29, 1.82) is 0 Å². The van der Waals surface area contributed by atoms with Crippen molar-refractivity contribution in [2.45, 2.75) is 46.3 Å². The van der Waals surface area contributed by atoms with Gasteiger partial charge in [-0.15, -0.1) is 0 Å². The molecule has 1 aromatic heterocycles. The van der Waals surface area contributed by atoms with Gasteiger partial charge < -0.3 is 10.4 Å². The minimum atomic E-state index is 0.186. The third-order valence-corrected chi connectivity index (χ3v) is 2.57. The molecular formula is C11H21N3O. The van der Waals surface area contributed by atoms with Crippen molar-refractivity contribution in [2.75, 3.05) is 6.61 Å². The quantitative estimate of drug-likeness (QED) is 0.740. The lowest BCUT2D eigenvalue weighted by Gasteiger charge is -2.14. The number of nitrogens with zero attached hydrogens (tertiary/aromatic N) is 2. The van der Waals surface area contributed by atoms with Crippen molar-refractivity contribution in [3.05, 3.63) is 17.5 Å². The van der Waals surface area contributed by atoms with E-state index in [9.17, 15) is 0 Å². The van der Waals surface area contributed by atoms with Gasteiger partial charge in [0.2, 0.25) is 0 Å². The molecule has 0 radical (unpaired) electrons. The molecule has 1 rings (SSSR count). The molecule has 1 aromatic rings. The average molecular weight is 211 g/mol. The van der Waals surface area contributed by atoms with E-state index in [0.29, 0.717) is 0 Å². The summed E-state index contributed by atoms with van der Waals surface area (Å²) in [5.74, 6) is 0. The van der Waals surface area contributed by atoms with E-state index in [4.69, 9.17) is 5.11 Å². The number of aliphatic hydroxyl groups excluding tert-OH is 1. The van der Waals surface area contributed by atoms with E-state index in [1.807, 2.05) is 11.6 Å². The monoisotopic (exact) mass is 211 g/mol. The number of rotatable bonds is 6. The van der Waals surface area contributed by atoms with Crippen LogP contribution in [0.25, 0.3) is 0 Å². The molecule has 0 aliphatic rings. The molecule has 0 amide bonds. The molecule has 0 spiro atoms. The van der Waals surface area contributed by atoms with Gasteiger partial charge in [-0.1, -0.05) is 6.92 Å². The van der Waals surface area contributed by atoms with Gasteiger partial charge in [0.1, 0.15) is 0 Å². The Morgan fingerprint density at radius 1 is 1.53 bits per heavy atom. The first-order chi connectivity index (χ1) is 7.21. The fraction of sp³-hybridized carbons (Fsp3) is 0.727. The van der Waals surface area contributed by atoms with Crippen LogP contribution in [0.1, 0.15) is 31.7 Å². The fourth-order valence-electron chi connectivity index (χ4n) is 1.60. The number of aryl methyl sites for hydroxylation is 2. The maximum atomic E-state index is 9.05. The summed E-state index contributed by atoms with van der Waals surface area (Å²) in [5.41, 5.74) is 2.23. The smallest absolute Gasteiger partial charge is 0.0597 e. The number of nitrogens with one attached hydrogen (secondary N) is 1. The Balaban J connectivity index is 2.55. The van der Waals surface area contributed by atoms with Crippen molar-refractivity contribution < 1.29 is 5.11 Å². The Hall–Kier alpha value is -0.870. The van der Waals surface area contributed by atoms with Gasteiger partial charge in [-0.3, -0.25) is 4.68 Å². The molecule has 0 bridgehead atoms. The summed E-state index contributed by atoms with van der Waals surface area (Å²) in [6.45, 7) is 8.00. The normalized spacial score (nSPS) is 13.1. The zero-order valence-corrected chi connectivity index (χ0v) is 9.82. The topological polar surface area (TPSA) is 50.1 Å². The minimum Gasteiger partial charge on any atom is -0.395 e. The average Bonchev–Trinajstić information content (AvgIpc) is 2.60. The fourth-order valence-corrected chi connectivity index (χ4v) is 1.60. The highest BCUT2D eigenvalue weighted by molar-refractivity contribution is 5.08. The SMILES string of the molecule is CCC(CO)NCc1cc(C)nn1CC. The van der Waals surface area contributed by atoms with Crippen LogP contribution in [0.5, 0.6) is 0 Å². The minimum absolute atomic E-state index is 0.186. The van der Waals surface area contributed by atoms with Gasteiger partial charge in [0.05, 0.1) is 18.0 Å². The van der Waals surface area contributed by atoms with Crippen LogP contribution in [0, 0.1) is 6.92 Å². The van der Waals surface area contributed by atoms with Gasteiger partial charge in [0.25, 0.3) is 0 Å². The molecule has 0 saturated carbocycles. The van der Waals surface area contributed by atoms with Crippen molar-refractivity contribution in [2.24, 2.45) is 0 Å². The molecule has 1 unspecified atom stereocenters. The molecule has 4 heteroatoms. The van der Waals surface area contributed by atoms with E-state index in [0.717, 1.165) is 25.2 Å². The Bertz CT molecular complexity index is 292. The Morgan fingerprint density at radius 2 is 2.27 bits per heavy atom. The van der Waals surface area contributed by atoms with Crippen LogP contribution in [-0.4, -0.2) is 27.5 Å². The van der Waals surface area contributed by atoms with E-state index in [1.165, 1.54) is 5.69 Å². The van der Waals surface area contributed by atoms with Crippen molar-refractivity contribution >= 4 is 0 Å². The van der Waals surface area contributed by atoms with Crippen molar-refractivity contribution in [3.63, 3.8) is 0 Å². The van der Waals surface area contributed by atoms with E-state index in [1.54, 1.807) is 0 Å². The maximum absolute atomic E-state index is 9.05. The molecule has 0 aliphatic heterocycles. The Labute approximate surface area is 91.3 Å². The summed E-state index contributed by atoms with van der Waals surface area (Å²) in [6.07, 6.45) is 0.940. The molecule has 0 aromatic carbocycles. The molecule has 4 nitrogen and oxygen atoms in total. The Kier molecular flexibility index (Phi) is 4.78. The lowest BCUT2D eigenvalue weighted by molar-refractivity contribution is 0.237. The summed E-state index contributed by atoms with van der Waals surface area (Å²) in [4.78, 5) is 0. The maximum Gasteiger partial charge on any atom is 0.0597 e. The zero-order chi connectivity index (χ0) is 11.3. The lowest BCUT2D eigenvalue weighted by Crippen LogP contribution is -2.31. The number of aliphatic hydroxyl groups is 1. The van der Waals surface area contributed by atoms with E-state index in [-0.39, 0.29) is 12.6 Å². The van der Waals surface area contributed by atoms with Crippen LogP contribution < -0.4 is 5.32 Å². The van der Waals surface area contributed by atoms with Crippen LogP contribution in [0.3, 0.4) is 0 Å². The summed E-state index contributed by atoms with van der Waals surface area (Å²) in [5, 5.41) is 16.7. The van der Waals surface area contributed by atoms with Gasteiger partial charge in [0, 0.05) is 19.1 Å². The van der Waals surface area contributed by atoms with Crippen LogP contribution >= 0.6 is 0 Å². The second kappa shape index (κ2) is 5.88. The lowest BCUT2D eigenvalue weighted by atomic mass is 10.2. The van der Waals surface area contributed by atoms with Crippen molar-refractivity contribution in [3.8, 4) is 0 Å². The molecule has 0 saturated heterocycles. The van der Waals surface area contributed by atoms with Crippen LogP contribution in [0.4, 0.5) is 0 Å². The van der Waals surface area contributed by atoms with Gasteiger partial charge in [-0.05, 0) is 26.3 Å². The summed E-state index contributed by atoms with van der Waals surface area (Å²) in [7, 11) is 0. The highest BCUT2D eigenvalue weighted by Crippen LogP contribution is 2.04. The van der Waals surface area contributed by atoms with Gasteiger partial charge in [-0.25, -0.2) is 0 Å². The number of hydrogen-bond donors (Lipinski definition) is 2. The van der Waals surface area contributed by atoms with Gasteiger partial charge >= 0.3 is 0 Å². The molecule has 2 N–H and O–H groups in total. The third kappa shape index (κ3) is 3.32. The van der Waals surface area contributed by atoms with Crippen molar-refractivity contribution in [1.82, 2.24) is 15.1 Å². The highest BCUT2D eigenvalue weighted by atomic mass is 16.3. The first kappa shape index (κ1) is 12.2. The molecular weight excluding hydrogens is 190 g/mol. The second-order valence-electron chi connectivity index (χ2n) is 3.76. The van der Waals surface area contributed by atoms with Gasteiger partial charge in [0.15, 0.2) is 0 Å². The molecule has 1 atom stereocenters. The summed E-state index contributed by atoms with van der Waals surface area (Å²) >= 11 is 0. The summed E-state index contributed by atoms with van der Waals surface area (Å²) < 4.78 is 1.99. The molecule has 0 fully saturated rings.